The molecule has 1 aromatic heterocycles. The van der Waals surface area contributed by atoms with Gasteiger partial charge in [0.05, 0.1) is 11.7 Å². The summed E-state index contributed by atoms with van der Waals surface area (Å²) in [5.41, 5.74) is 2.34. The molecule has 1 atom stereocenters. The Hall–Kier alpha value is -2.40. The highest BCUT2D eigenvalue weighted by atomic mass is 16.3. The normalized spacial score (nSPS) is 16.4. The van der Waals surface area contributed by atoms with Crippen molar-refractivity contribution in [3.05, 3.63) is 69.6 Å². The van der Waals surface area contributed by atoms with E-state index in [0.717, 1.165) is 25.7 Å². The van der Waals surface area contributed by atoms with Crippen LogP contribution in [0.5, 0.6) is 0 Å². The van der Waals surface area contributed by atoms with Crippen LogP contribution in [-0.2, 0) is 6.42 Å². The summed E-state index contributed by atoms with van der Waals surface area (Å²) in [7, 11) is 0. The number of likely N-dealkylation sites (tertiary alicyclic amines) is 1. The molecule has 1 saturated heterocycles. The third-order valence-electron chi connectivity index (χ3n) is 5.70. The molecule has 3 rings (SSSR count). The fraction of sp³-hybridized carbons (Fsp3) is 0.478. The molecule has 0 aliphatic carbocycles. The van der Waals surface area contributed by atoms with E-state index in [9.17, 15) is 14.7 Å². The van der Waals surface area contributed by atoms with E-state index in [2.05, 4.69) is 17.1 Å². The molecule has 0 saturated carbocycles. The fourth-order valence-electron chi connectivity index (χ4n) is 3.98. The lowest BCUT2D eigenvalue weighted by atomic mass is 9.88. The Labute approximate surface area is 166 Å². The quantitative estimate of drug-likeness (QED) is 0.805. The molecule has 5 heteroatoms. The van der Waals surface area contributed by atoms with Crippen molar-refractivity contribution in [2.24, 2.45) is 5.92 Å². The Morgan fingerprint density at radius 2 is 1.82 bits per heavy atom. The van der Waals surface area contributed by atoms with Gasteiger partial charge in [-0.1, -0.05) is 44.2 Å². The fourth-order valence-corrected chi connectivity index (χ4v) is 3.98. The number of hydrogen-bond acceptors (Lipinski definition) is 3. The summed E-state index contributed by atoms with van der Waals surface area (Å²) in [6, 6.07) is 13.3. The number of aromatic nitrogens is 1. The second-order valence-electron chi connectivity index (χ2n) is 8.03. The maximum atomic E-state index is 13.0. The van der Waals surface area contributed by atoms with Crippen LogP contribution in [0.3, 0.4) is 0 Å². The summed E-state index contributed by atoms with van der Waals surface area (Å²) >= 11 is 0. The third-order valence-corrected chi connectivity index (χ3v) is 5.70. The van der Waals surface area contributed by atoms with Crippen LogP contribution in [0.2, 0.25) is 0 Å². The van der Waals surface area contributed by atoms with E-state index >= 15 is 0 Å². The minimum absolute atomic E-state index is 0.0304. The molecular weight excluding hydrogens is 352 g/mol. The van der Waals surface area contributed by atoms with Crippen molar-refractivity contribution < 1.29 is 9.90 Å². The second kappa shape index (κ2) is 9.20. The summed E-state index contributed by atoms with van der Waals surface area (Å²) in [5.74, 6) is 0.273. The standard InChI is InChI=1S/C23H30N2O3/c1-16(2)22-19(9-11-21(27)24-22)23(28)25-14-12-18(13-15-25)20(26)10-8-17-6-4-3-5-7-17/h3-7,9,11,16,18,20,26H,8,10,12-15H2,1-2H3,(H,24,27). The first-order chi connectivity index (χ1) is 13.5. The van der Waals surface area contributed by atoms with E-state index in [1.54, 1.807) is 6.07 Å². The molecule has 2 N–H and O–H groups in total. The van der Waals surface area contributed by atoms with Crippen LogP contribution >= 0.6 is 0 Å². The minimum Gasteiger partial charge on any atom is -0.393 e. The van der Waals surface area contributed by atoms with Gasteiger partial charge in [0.25, 0.3) is 5.91 Å². The molecule has 1 amide bonds. The number of aromatic amines is 1. The highest BCUT2D eigenvalue weighted by Crippen LogP contribution is 2.26. The number of aliphatic hydroxyl groups is 1. The van der Waals surface area contributed by atoms with E-state index in [1.807, 2.05) is 36.9 Å². The number of rotatable bonds is 6. The van der Waals surface area contributed by atoms with E-state index in [0.29, 0.717) is 24.3 Å². The van der Waals surface area contributed by atoms with Gasteiger partial charge < -0.3 is 15.0 Å². The summed E-state index contributed by atoms with van der Waals surface area (Å²) in [6.07, 6.45) is 2.90. The van der Waals surface area contributed by atoms with Gasteiger partial charge in [0, 0.05) is 24.8 Å². The van der Waals surface area contributed by atoms with Crippen molar-refractivity contribution in [1.29, 1.82) is 0 Å². The van der Waals surface area contributed by atoms with E-state index in [4.69, 9.17) is 0 Å². The molecule has 1 aromatic carbocycles. The van der Waals surface area contributed by atoms with Crippen LogP contribution in [-0.4, -0.2) is 40.1 Å². The second-order valence-corrected chi connectivity index (χ2v) is 8.03. The van der Waals surface area contributed by atoms with Crippen LogP contribution in [0.15, 0.2) is 47.3 Å². The largest absolute Gasteiger partial charge is 0.393 e. The lowest BCUT2D eigenvalue weighted by molar-refractivity contribution is 0.0435. The topological polar surface area (TPSA) is 73.4 Å². The number of nitrogens with zero attached hydrogens (tertiary/aromatic N) is 1. The van der Waals surface area contributed by atoms with E-state index in [-0.39, 0.29) is 29.4 Å². The van der Waals surface area contributed by atoms with Gasteiger partial charge in [0.1, 0.15) is 0 Å². The number of aryl methyl sites for hydroxylation is 1. The van der Waals surface area contributed by atoms with Gasteiger partial charge in [-0.05, 0) is 49.1 Å². The van der Waals surface area contributed by atoms with Crippen molar-refractivity contribution >= 4 is 5.91 Å². The Morgan fingerprint density at radius 1 is 1.14 bits per heavy atom. The lowest BCUT2D eigenvalue weighted by Crippen LogP contribution is -2.42. The maximum absolute atomic E-state index is 13.0. The van der Waals surface area contributed by atoms with Crippen LogP contribution in [0, 0.1) is 5.92 Å². The first-order valence-electron chi connectivity index (χ1n) is 10.2. The summed E-state index contributed by atoms with van der Waals surface area (Å²) in [5, 5.41) is 10.6. The highest BCUT2D eigenvalue weighted by Gasteiger charge is 2.29. The Kier molecular flexibility index (Phi) is 6.68. The molecule has 2 aromatic rings. The van der Waals surface area contributed by atoms with Crippen molar-refractivity contribution in [3.8, 4) is 0 Å². The molecule has 5 nitrogen and oxygen atoms in total. The summed E-state index contributed by atoms with van der Waals surface area (Å²) in [4.78, 5) is 29.2. The number of piperidine rings is 1. The molecule has 0 spiro atoms. The molecule has 1 aliphatic heterocycles. The minimum atomic E-state index is -0.336. The molecule has 28 heavy (non-hydrogen) atoms. The number of amides is 1. The summed E-state index contributed by atoms with van der Waals surface area (Å²) in [6.45, 7) is 5.22. The predicted molar refractivity (Wildman–Crippen MR) is 111 cm³/mol. The number of pyridine rings is 1. The van der Waals surface area contributed by atoms with Crippen molar-refractivity contribution in [1.82, 2.24) is 9.88 Å². The zero-order chi connectivity index (χ0) is 20.1. The van der Waals surface area contributed by atoms with Crippen LogP contribution in [0.1, 0.15) is 60.6 Å². The number of nitrogens with one attached hydrogen (secondary N) is 1. The number of aliphatic hydroxyl groups excluding tert-OH is 1. The van der Waals surface area contributed by atoms with Gasteiger partial charge in [-0.3, -0.25) is 9.59 Å². The van der Waals surface area contributed by atoms with Gasteiger partial charge in [-0.25, -0.2) is 0 Å². The zero-order valence-corrected chi connectivity index (χ0v) is 16.7. The lowest BCUT2D eigenvalue weighted by Gasteiger charge is -2.34. The smallest absolute Gasteiger partial charge is 0.255 e. The monoisotopic (exact) mass is 382 g/mol. The molecule has 0 bridgehead atoms. The number of carbonyl (C=O) groups excluding carboxylic acids is 1. The van der Waals surface area contributed by atoms with E-state index < -0.39 is 0 Å². The van der Waals surface area contributed by atoms with Gasteiger partial charge >= 0.3 is 0 Å². The SMILES string of the molecule is CC(C)c1[nH]c(=O)ccc1C(=O)N1CCC(C(O)CCc2ccccc2)CC1. The molecular formula is C23H30N2O3. The number of carbonyl (C=O) groups is 1. The first-order valence-corrected chi connectivity index (χ1v) is 10.2. The van der Waals surface area contributed by atoms with Crippen LogP contribution in [0.4, 0.5) is 0 Å². The predicted octanol–water partition coefficient (Wildman–Crippen LogP) is 3.34. The number of H-pyrrole nitrogens is 1. The van der Waals surface area contributed by atoms with Gasteiger partial charge in [0.15, 0.2) is 0 Å². The number of hydrogen-bond donors (Lipinski definition) is 2. The van der Waals surface area contributed by atoms with Gasteiger partial charge in [0.2, 0.25) is 5.56 Å². The third kappa shape index (κ3) is 4.90. The van der Waals surface area contributed by atoms with Crippen molar-refractivity contribution in [2.75, 3.05) is 13.1 Å². The molecule has 1 unspecified atom stereocenters. The van der Waals surface area contributed by atoms with Gasteiger partial charge in [-0.15, -0.1) is 0 Å². The van der Waals surface area contributed by atoms with Crippen molar-refractivity contribution in [2.45, 2.75) is 51.6 Å². The Morgan fingerprint density at radius 3 is 2.46 bits per heavy atom. The molecule has 1 aliphatic rings. The average Bonchev–Trinajstić information content (AvgIpc) is 2.72. The maximum Gasteiger partial charge on any atom is 0.255 e. The average molecular weight is 383 g/mol. The van der Waals surface area contributed by atoms with E-state index in [1.165, 1.54) is 11.6 Å². The highest BCUT2D eigenvalue weighted by molar-refractivity contribution is 5.95. The number of benzene rings is 1. The molecule has 150 valence electrons. The summed E-state index contributed by atoms with van der Waals surface area (Å²) < 4.78 is 0. The van der Waals surface area contributed by atoms with Gasteiger partial charge in [-0.2, -0.15) is 0 Å². The molecule has 1 fully saturated rings. The zero-order valence-electron chi connectivity index (χ0n) is 16.7. The first kappa shape index (κ1) is 20.3. The van der Waals surface area contributed by atoms with Crippen LogP contribution < -0.4 is 5.56 Å². The molecule has 0 radical (unpaired) electrons. The van der Waals surface area contributed by atoms with Crippen molar-refractivity contribution in [3.63, 3.8) is 0 Å². The molecule has 2 heterocycles. The Balaban J connectivity index is 1.56. The van der Waals surface area contributed by atoms with Crippen LogP contribution in [0.25, 0.3) is 0 Å². The Bertz CT molecular complexity index is 836.